The minimum atomic E-state index is -3.30. The van der Waals surface area contributed by atoms with Crippen LogP contribution in [0.5, 0.6) is 0 Å². The van der Waals surface area contributed by atoms with Crippen LogP contribution in [0.25, 0.3) is 44.1 Å². The molecule has 4 aromatic carbocycles. The summed E-state index contributed by atoms with van der Waals surface area (Å²) < 4.78 is 55.7. The van der Waals surface area contributed by atoms with Crippen LogP contribution in [-0.4, -0.2) is 53.6 Å². The topological polar surface area (TPSA) is 145 Å². The Kier molecular flexibility index (Phi) is 8.21. The van der Waals surface area contributed by atoms with E-state index in [-0.39, 0.29) is 22.4 Å². The van der Waals surface area contributed by atoms with Crippen LogP contribution < -0.4 is 10.6 Å². The van der Waals surface area contributed by atoms with E-state index in [1.54, 1.807) is 31.2 Å². The molecule has 260 valence electrons. The molecule has 0 saturated carbocycles. The molecule has 0 saturated heterocycles. The highest BCUT2D eigenvalue weighted by molar-refractivity contribution is 7.90. The van der Waals surface area contributed by atoms with Gasteiger partial charge in [0.2, 0.25) is 0 Å². The van der Waals surface area contributed by atoms with Crippen LogP contribution in [0.1, 0.15) is 32.1 Å². The van der Waals surface area contributed by atoms with E-state index in [9.17, 15) is 36.9 Å². The predicted octanol–water partition coefficient (Wildman–Crippen LogP) is 6.31. The Morgan fingerprint density at radius 1 is 0.706 bits per heavy atom. The first-order chi connectivity index (χ1) is 24.2. The van der Waals surface area contributed by atoms with Gasteiger partial charge in [0.05, 0.1) is 20.9 Å². The number of non-ortho nitro benzene ring substituents is 1. The van der Waals surface area contributed by atoms with Crippen LogP contribution in [-0.2, 0) is 22.9 Å². The normalized spacial score (nSPS) is 14.0. The van der Waals surface area contributed by atoms with Crippen LogP contribution in [0.3, 0.4) is 0 Å². The summed E-state index contributed by atoms with van der Waals surface area (Å²) in [6.45, 7) is 5.83. The fraction of sp³-hybridized carbons (Fsp3) is 0.189. The van der Waals surface area contributed by atoms with E-state index in [4.69, 9.17) is 0 Å². The number of carbonyl (C=O) groups excluding carboxylic acids is 2. The fourth-order valence-electron chi connectivity index (χ4n) is 7.08. The Morgan fingerprint density at radius 2 is 1.12 bits per heavy atom. The van der Waals surface area contributed by atoms with Gasteiger partial charge in [-0.25, -0.2) is 17.2 Å². The van der Waals surface area contributed by atoms with Gasteiger partial charge in [-0.1, -0.05) is 12.1 Å². The lowest BCUT2D eigenvalue weighted by molar-refractivity contribution is -0.384. The van der Waals surface area contributed by atoms with Gasteiger partial charge in [-0.2, -0.15) is 0 Å². The predicted molar refractivity (Wildman–Crippen MR) is 189 cm³/mol. The van der Waals surface area contributed by atoms with Gasteiger partial charge in [0, 0.05) is 66.5 Å². The minimum Gasteiger partial charge on any atom is -0.349 e. The molecule has 2 amide bonds. The average molecular weight is 712 g/mol. The third-order valence-corrected chi connectivity index (χ3v) is 10.5. The van der Waals surface area contributed by atoms with Gasteiger partial charge in [0.25, 0.3) is 17.5 Å². The molecule has 0 bridgehead atoms. The van der Waals surface area contributed by atoms with E-state index in [1.807, 2.05) is 16.1 Å². The number of nitro benzene ring substituents is 1. The Bertz CT molecular complexity index is 2560. The molecule has 51 heavy (non-hydrogen) atoms. The highest BCUT2D eigenvalue weighted by atomic mass is 32.2. The van der Waals surface area contributed by atoms with Crippen LogP contribution in [0.4, 0.5) is 14.5 Å². The minimum absolute atomic E-state index is 0.0239. The number of hydrogen-bond donors (Lipinski definition) is 2. The summed E-state index contributed by atoms with van der Waals surface area (Å²) in [7, 11) is -3.30. The Balaban J connectivity index is 0.000000159. The van der Waals surface area contributed by atoms with E-state index < -0.39 is 26.4 Å². The maximum atomic E-state index is 14.3. The smallest absolute Gasteiger partial charge is 0.269 e. The summed E-state index contributed by atoms with van der Waals surface area (Å²) in [5, 5.41) is 17.8. The quantitative estimate of drug-likeness (QED) is 0.162. The molecule has 14 heteroatoms. The van der Waals surface area contributed by atoms with Gasteiger partial charge in [-0.05, 0) is 84.6 Å². The van der Waals surface area contributed by atoms with Gasteiger partial charge in [0.1, 0.15) is 23.0 Å². The molecule has 2 N–H and O–H groups in total. The number of amides is 2. The zero-order valence-electron chi connectivity index (χ0n) is 27.7. The molecule has 0 fully saturated rings. The first kappa shape index (κ1) is 33.6. The van der Waals surface area contributed by atoms with Crippen molar-refractivity contribution in [2.24, 2.45) is 0 Å². The van der Waals surface area contributed by atoms with Crippen molar-refractivity contribution in [3.05, 3.63) is 117 Å². The molecule has 8 rings (SSSR count). The largest absolute Gasteiger partial charge is 0.349 e. The van der Waals surface area contributed by atoms with Crippen LogP contribution in [0.15, 0.2) is 77.7 Å². The maximum Gasteiger partial charge on any atom is 0.269 e. The number of halogens is 2. The van der Waals surface area contributed by atoms with E-state index in [2.05, 4.69) is 10.6 Å². The van der Waals surface area contributed by atoms with Crippen LogP contribution >= 0.6 is 0 Å². The number of rotatable bonds is 4. The van der Waals surface area contributed by atoms with Gasteiger partial charge in [-0.15, -0.1) is 0 Å². The standard InChI is InChI=1S/C19H17FN2O3S.C18H14FN3O3/c1-11-15-9-13(20)10-16(12-3-5-14(6-4-12)26(2,24)25)18(15)22-8-7-21-19(23)17(11)22;1-10-14-8-12(19)9-15(11-2-4-13(5-3-11)22(24)25)17(14)21-7-6-20-18(23)16(10)21/h3-6,9-10H,7-8H2,1-2H3,(H,21,23);2-5,8-9H,6-7H2,1H3,(H,20,23). The number of benzene rings is 4. The van der Waals surface area contributed by atoms with E-state index in [1.165, 1.54) is 48.5 Å². The molecule has 0 radical (unpaired) electrons. The Labute approximate surface area is 290 Å². The molecule has 6 aromatic rings. The van der Waals surface area contributed by atoms with Crippen molar-refractivity contribution < 1.29 is 31.7 Å². The summed E-state index contributed by atoms with van der Waals surface area (Å²) >= 11 is 0. The molecule has 0 atom stereocenters. The first-order valence-corrected chi connectivity index (χ1v) is 17.9. The van der Waals surface area contributed by atoms with Crippen molar-refractivity contribution in [3.63, 3.8) is 0 Å². The van der Waals surface area contributed by atoms with Crippen molar-refractivity contribution in [3.8, 4) is 22.3 Å². The van der Waals surface area contributed by atoms with E-state index in [0.717, 1.165) is 28.4 Å². The van der Waals surface area contributed by atoms with Crippen molar-refractivity contribution in [1.82, 2.24) is 19.8 Å². The van der Waals surface area contributed by atoms with Gasteiger partial charge in [0.15, 0.2) is 9.84 Å². The maximum absolute atomic E-state index is 14.3. The number of carbonyl (C=O) groups is 2. The summed E-state index contributed by atoms with van der Waals surface area (Å²) in [6.07, 6.45) is 1.15. The average Bonchev–Trinajstić information content (AvgIpc) is 3.55. The number of nitro groups is 1. The lowest BCUT2D eigenvalue weighted by atomic mass is 10.0. The number of nitrogens with zero attached hydrogens (tertiary/aromatic N) is 3. The summed E-state index contributed by atoms with van der Waals surface area (Å²) in [5.74, 6) is -1.14. The molecule has 2 aromatic heterocycles. The zero-order chi connectivity index (χ0) is 36.4. The summed E-state index contributed by atoms with van der Waals surface area (Å²) in [4.78, 5) is 35.1. The van der Waals surface area contributed by atoms with Crippen LogP contribution in [0.2, 0.25) is 0 Å². The molecule has 0 unspecified atom stereocenters. The molecule has 2 aliphatic heterocycles. The lowest BCUT2D eigenvalue weighted by Gasteiger charge is -2.18. The highest BCUT2D eigenvalue weighted by Gasteiger charge is 2.27. The summed E-state index contributed by atoms with van der Waals surface area (Å²) in [5.41, 5.74) is 6.73. The molecule has 2 aliphatic rings. The second-order valence-corrected chi connectivity index (χ2v) is 14.6. The Morgan fingerprint density at radius 3 is 1.51 bits per heavy atom. The second kappa shape index (κ2) is 12.5. The Hall–Kier alpha value is -5.89. The molecular weight excluding hydrogens is 680 g/mol. The monoisotopic (exact) mass is 711 g/mol. The zero-order valence-corrected chi connectivity index (χ0v) is 28.5. The van der Waals surface area contributed by atoms with Crippen molar-refractivity contribution in [2.75, 3.05) is 19.3 Å². The number of nitrogens with one attached hydrogen (secondary N) is 2. The molecule has 4 heterocycles. The second-order valence-electron chi connectivity index (χ2n) is 12.6. The highest BCUT2D eigenvalue weighted by Crippen LogP contribution is 2.38. The lowest BCUT2D eigenvalue weighted by Crippen LogP contribution is -2.35. The molecular formula is C37H31F2N5O6S. The number of sulfone groups is 1. The van der Waals surface area contributed by atoms with E-state index in [0.29, 0.717) is 70.6 Å². The number of hydrogen-bond acceptors (Lipinski definition) is 6. The van der Waals surface area contributed by atoms with Crippen LogP contribution in [0, 0.1) is 35.6 Å². The van der Waals surface area contributed by atoms with Gasteiger partial charge < -0.3 is 19.8 Å². The van der Waals surface area contributed by atoms with Crippen molar-refractivity contribution in [2.45, 2.75) is 31.8 Å². The third-order valence-electron chi connectivity index (χ3n) is 9.40. The van der Waals surface area contributed by atoms with Crippen molar-refractivity contribution >= 4 is 49.1 Å². The SMILES string of the molecule is Cc1c2n(c3c(-c4ccc(S(C)(=O)=O)cc4)cc(F)cc13)CCNC2=O.Cc1c2n(c3c(-c4ccc([N+](=O)[O-])cc4)cc(F)cc13)CCNC2=O. The fourth-order valence-corrected chi connectivity index (χ4v) is 7.71. The number of fused-ring (bicyclic) bond motifs is 6. The van der Waals surface area contributed by atoms with Gasteiger partial charge in [-0.3, -0.25) is 19.7 Å². The molecule has 0 spiro atoms. The first-order valence-electron chi connectivity index (χ1n) is 16.0. The van der Waals surface area contributed by atoms with E-state index >= 15 is 0 Å². The van der Waals surface area contributed by atoms with Gasteiger partial charge >= 0.3 is 0 Å². The molecule has 0 aliphatic carbocycles. The number of aromatic nitrogens is 2. The number of aryl methyl sites for hydroxylation is 2. The summed E-state index contributed by atoms with van der Waals surface area (Å²) in [6, 6.07) is 18.1. The molecule has 11 nitrogen and oxygen atoms in total. The van der Waals surface area contributed by atoms with Crippen molar-refractivity contribution in [1.29, 1.82) is 0 Å². The third kappa shape index (κ3) is 5.80.